The van der Waals surface area contributed by atoms with Gasteiger partial charge < -0.3 is 9.84 Å². The van der Waals surface area contributed by atoms with Crippen LogP contribution in [0.5, 0.6) is 5.75 Å². The van der Waals surface area contributed by atoms with E-state index in [9.17, 15) is 4.39 Å². The van der Waals surface area contributed by atoms with Crippen LogP contribution >= 0.6 is 0 Å². The fraction of sp³-hybridized carbons (Fsp3) is 0.222. The lowest BCUT2D eigenvalue weighted by Crippen LogP contribution is -1.92. The summed E-state index contributed by atoms with van der Waals surface area (Å²) in [5, 5.41) is 8.41. The van der Waals surface area contributed by atoms with Crippen LogP contribution in [0.25, 0.3) is 0 Å². The van der Waals surface area contributed by atoms with Gasteiger partial charge in [-0.05, 0) is 12.1 Å². The first kappa shape index (κ1) is 9.00. The number of hydrogen-bond acceptors (Lipinski definition) is 2. The third-order valence-corrected chi connectivity index (χ3v) is 1.26. The molecule has 0 saturated carbocycles. The van der Waals surface area contributed by atoms with E-state index in [1.165, 1.54) is 18.7 Å². The van der Waals surface area contributed by atoms with Crippen molar-refractivity contribution in [3.05, 3.63) is 36.7 Å². The number of ether oxygens (including phenoxy) is 1. The fourth-order valence-corrected chi connectivity index (χ4v) is 0.748. The van der Waals surface area contributed by atoms with Crippen LogP contribution in [0.15, 0.2) is 24.3 Å². The highest BCUT2D eigenvalue weighted by Gasteiger charge is 1.94. The Kier molecular flexibility index (Phi) is 3.54. The van der Waals surface area contributed by atoms with E-state index < -0.39 is 0 Å². The molecule has 1 aromatic rings. The molecule has 0 atom stereocenters. The second-order valence-electron chi connectivity index (χ2n) is 2.25. The van der Waals surface area contributed by atoms with Gasteiger partial charge >= 0.3 is 0 Å². The molecule has 0 saturated heterocycles. The summed E-state index contributed by atoms with van der Waals surface area (Å²) in [4.78, 5) is 0. The van der Waals surface area contributed by atoms with Gasteiger partial charge in [0, 0.05) is 19.1 Å². The quantitative estimate of drug-likeness (QED) is 0.696. The van der Waals surface area contributed by atoms with Gasteiger partial charge in [0.25, 0.3) is 0 Å². The highest BCUT2D eigenvalue weighted by Crippen LogP contribution is 2.12. The minimum Gasteiger partial charge on any atom is -0.486 e. The molecule has 1 radical (unpaired) electrons. The lowest BCUT2D eigenvalue weighted by atomic mass is 10.3. The molecular weight excluding hydrogens is 159 g/mol. The first-order valence-corrected chi connectivity index (χ1v) is 3.67. The van der Waals surface area contributed by atoms with Crippen LogP contribution < -0.4 is 4.74 Å². The minimum atomic E-state index is -0.329. The van der Waals surface area contributed by atoms with E-state index in [-0.39, 0.29) is 12.4 Å². The van der Waals surface area contributed by atoms with Crippen molar-refractivity contribution in [1.82, 2.24) is 0 Å². The summed E-state index contributed by atoms with van der Waals surface area (Å²) in [5.74, 6) is 0.119. The summed E-state index contributed by atoms with van der Waals surface area (Å²) in [6.45, 7) is 1.48. The molecule has 0 aliphatic rings. The van der Waals surface area contributed by atoms with E-state index in [1.807, 2.05) is 0 Å². The van der Waals surface area contributed by atoms with Gasteiger partial charge in [0.05, 0.1) is 0 Å². The van der Waals surface area contributed by atoms with E-state index in [4.69, 9.17) is 9.84 Å². The van der Waals surface area contributed by atoms with Crippen LogP contribution in [0, 0.1) is 12.4 Å². The van der Waals surface area contributed by atoms with Crippen LogP contribution in [0.3, 0.4) is 0 Å². The van der Waals surface area contributed by atoms with E-state index in [2.05, 4.69) is 0 Å². The van der Waals surface area contributed by atoms with Crippen molar-refractivity contribution in [3.63, 3.8) is 0 Å². The first-order valence-electron chi connectivity index (χ1n) is 3.67. The third kappa shape index (κ3) is 2.88. The second-order valence-corrected chi connectivity index (χ2v) is 2.25. The largest absolute Gasteiger partial charge is 0.486 e. The molecule has 0 fully saturated rings. The van der Waals surface area contributed by atoms with Gasteiger partial charge in [-0.25, -0.2) is 4.39 Å². The Morgan fingerprint density at radius 3 is 3.00 bits per heavy atom. The Hall–Kier alpha value is -1.09. The Balaban J connectivity index is 2.41. The zero-order valence-electron chi connectivity index (χ0n) is 6.53. The molecule has 0 amide bonds. The average Bonchev–Trinajstić information content (AvgIpc) is 2.05. The fourth-order valence-electron chi connectivity index (χ4n) is 0.748. The zero-order chi connectivity index (χ0) is 8.81. The van der Waals surface area contributed by atoms with Gasteiger partial charge in [-0.2, -0.15) is 0 Å². The van der Waals surface area contributed by atoms with Crippen LogP contribution in [-0.2, 0) is 0 Å². The van der Waals surface area contributed by atoms with Crippen molar-refractivity contribution in [2.24, 2.45) is 0 Å². The highest BCUT2D eigenvalue weighted by atomic mass is 19.1. The normalized spacial score (nSPS) is 9.83. The standard InChI is InChI=1S/C9H10FO2/c10-8-3-1-4-9(7-8)12-6-2-5-11/h1,3-4,6-7,11H,2,5H2. The topological polar surface area (TPSA) is 29.5 Å². The van der Waals surface area contributed by atoms with Gasteiger partial charge in [0.15, 0.2) is 0 Å². The molecule has 1 N–H and O–H groups in total. The van der Waals surface area contributed by atoms with E-state index in [0.717, 1.165) is 0 Å². The van der Waals surface area contributed by atoms with E-state index >= 15 is 0 Å². The molecule has 12 heavy (non-hydrogen) atoms. The molecule has 0 bridgehead atoms. The zero-order valence-corrected chi connectivity index (χ0v) is 6.53. The molecule has 0 aliphatic heterocycles. The number of halogens is 1. The Morgan fingerprint density at radius 2 is 2.33 bits per heavy atom. The van der Waals surface area contributed by atoms with Crippen molar-refractivity contribution in [2.45, 2.75) is 6.42 Å². The number of benzene rings is 1. The number of aliphatic hydroxyl groups is 1. The molecule has 0 spiro atoms. The predicted octanol–water partition coefficient (Wildman–Crippen LogP) is 1.75. The van der Waals surface area contributed by atoms with Crippen molar-refractivity contribution < 1.29 is 14.2 Å². The van der Waals surface area contributed by atoms with Gasteiger partial charge in [0.1, 0.15) is 18.2 Å². The minimum absolute atomic E-state index is 0.0370. The molecule has 65 valence electrons. The summed E-state index contributed by atoms with van der Waals surface area (Å²) in [5.41, 5.74) is 0. The summed E-state index contributed by atoms with van der Waals surface area (Å²) in [6, 6.07) is 5.85. The van der Waals surface area contributed by atoms with Crippen LogP contribution in [-0.4, -0.2) is 11.7 Å². The van der Waals surface area contributed by atoms with Crippen LogP contribution in [0.4, 0.5) is 4.39 Å². The SMILES string of the molecule is OCC[CH]Oc1cccc(F)c1. The Bertz CT molecular complexity index is 238. The summed E-state index contributed by atoms with van der Waals surface area (Å²) in [7, 11) is 0. The number of aliphatic hydroxyl groups excluding tert-OH is 1. The van der Waals surface area contributed by atoms with Gasteiger partial charge in [0.2, 0.25) is 0 Å². The van der Waals surface area contributed by atoms with E-state index in [0.29, 0.717) is 12.2 Å². The molecule has 0 unspecified atom stereocenters. The Labute approximate surface area is 70.6 Å². The van der Waals surface area contributed by atoms with E-state index in [1.54, 1.807) is 12.1 Å². The molecule has 3 heteroatoms. The summed E-state index contributed by atoms with van der Waals surface area (Å²) in [6.07, 6.45) is 0.441. The predicted molar refractivity (Wildman–Crippen MR) is 43.0 cm³/mol. The molecule has 1 rings (SSSR count). The molecule has 0 aromatic heterocycles. The van der Waals surface area contributed by atoms with Crippen LogP contribution in [0.1, 0.15) is 6.42 Å². The average molecular weight is 169 g/mol. The lowest BCUT2D eigenvalue weighted by Gasteiger charge is -2.02. The van der Waals surface area contributed by atoms with Crippen molar-refractivity contribution in [3.8, 4) is 5.75 Å². The van der Waals surface area contributed by atoms with Gasteiger partial charge in [-0.1, -0.05) is 6.07 Å². The molecule has 0 heterocycles. The molecule has 1 aromatic carbocycles. The molecule has 0 aliphatic carbocycles. The first-order chi connectivity index (χ1) is 5.83. The van der Waals surface area contributed by atoms with Crippen molar-refractivity contribution in [1.29, 1.82) is 0 Å². The molecular formula is C9H10FO2. The lowest BCUT2D eigenvalue weighted by molar-refractivity contribution is 0.269. The maximum Gasteiger partial charge on any atom is 0.138 e. The van der Waals surface area contributed by atoms with Gasteiger partial charge in [-0.15, -0.1) is 0 Å². The van der Waals surface area contributed by atoms with Crippen LogP contribution in [0.2, 0.25) is 0 Å². The number of hydrogen-bond donors (Lipinski definition) is 1. The third-order valence-electron chi connectivity index (χ3n) is 1.26. The summed E-state index contributed by atoms with van der Waals surface area (Å²) < 4.78 is 17.5. The van der Waals surface area contributed by atoms with Crippen molar-refractivity contribution >= 4 is 0 Å². The smallest absolute Gasteiger partial charge is 0.138 e. The molecule has 2 nitrogen and oxygen atoms in total. The maximum atomic E-state index is 12.5. The maximum absolute atomic E-state index is 12.5. The monoisotopic (exact) mass is 169 g/mol. The highest BCUT2D eigenvalue weighted by molar-refractivity contribution is 5.22. The Morgan fingerprint density at radius 1 is 1.50 bits per heavy atom. The second kappa shape index (κ2) is 4.72. The van der Waals surface area contributed by atoms with Crippen molar-refractivity contribution in [2.75, 3.05) is 6.61 Å². The van der Waals surface area contributed by atoms with Gasteiger partial charge in [-0.3, -0.25) is 0 Å². The summed E-state index contributed by atoms with van der Waals surface area (Å²) >= 11 is 0. The number of rotatable bonds is 4.